The molecule has 2 nitrogen and oxygen atoms in total. The van der Waals surface area contributed by atoms with Crippen LogP contribution in [0.4, 0.5) is 8.78 Å². The van der Waals surface area contributed by atoms with Crippen LogP contribution in [-0.2, 0) is 6.54 Å². The van der Waals surface area contributed by atoms with Gasteiger partial charge in [0.15, 0.2) is 11.6 Å². The van der Waals surface area contributed by atoms with Gasteiger partial charge < -0.3 is 9.88 Å². The van der Waals surface area contributed by atoms with Crippen molar-refractivity contribution in [3.63, 3.8) is 0 Å². The predicted molar refractivity (Wildman–Crippen MR) is 80.8 cm³/mol. The number of para-hydroxylation sites is 1. The van der Waals surface area contributed by atoms with Crippen LogP contribution in [0.25, 0.3) is 5.69 Å². The maximum absolute atomic E-state index is 14.2. The lowest BCUT2D eigenvalue weighted by molar-refractivity contribution is 0.479. The number of halogens is 2. The molecule has 0 radical (unpaired) electrons. The maximum atomic E-state index is 14.2. The minimum atomic E-state index is -0.820. The molecule has 0 unspecified atom stereocenters. The van der Waals surface area contributed by atoms with Crippen LogP contribution in [0.2, 0.25) is 0 Å². The number of nitrogens with zero attached hydrogens (tertiary/aromatic N) is 1. The average molecular weight is 296 g/mol. The summed E-state index contributed by atoms with van der Waals surface area (Å²) in [6.07, 6.45) is 1.95. The van der Waals surface area contributed by atoms with Gasteiger partial charge in [-0.25, -0.2) is 8.78 Å². The van der Waals surface area contributed by atoms with E-state index in [1.807, 2.05) is 47.2 Å². The molecule has 0 aliphatic carbocycles. The third-order valence-electron chi connectivity index (χ3n) is 4.12. The van der Waals surface area contributed by atoms with Gasteiger partial charge in [0.05, 0.1) is 6.04 Å². The normalized spacial score (nSPS) is 16.7. The van der Waals surface area contributed by atoms with Crippen LogP contribution >= 0.6 is 0 Å². The number of hydrogen-bond donors (Lipinski definition) is 1. The van der Waals surface area contributed by atoms with Gasteiger partial charge in [0, 0.05) is 29.7 Å². The summed E-state index contributed by atoms with van der Waals surface area (Å²) in [5.74, 6) is -1.61. The molecule has 3 aromatic rings. The number of benzene rings is 2. The Morgan fingerprint density at radius 2 is 1.82 bits per heavy atom. The molecular weight excluding hydrogens is 282 g/mol. The lowest BCUT2D eigenvalue weighted by atomic mass is 10.0. The quantitative estimate of drug-likeness (QED) is 0.719. The van der Waals surface area contributed by atoms with Crippen LogP contribution in [0.5, 0.6) is 0 Å². The van der Waals surface area contributed by atoms with Crippen LogP contribution in [0, 0.1) is 11.6 Å². The molecule has 0 bridgehead atoms. The molecule has 1 atom stereocenters. The zero-order valence-corrected chi connectivity index (χ0v) is 11.8. The minimum absolute atomic E-state index is 0.327. The average Bonchev–Trinajstić information content (AvgIpc) is 2.96. The second-order valence-electron chi connectivity index (χ2n) is 5.39. The van der Waals surface area contributed by atoms with Crippen molar-refractivity contribution in [1.82, 2.24) is 9.88 Å². The molecule has 0 saturated carbocycles. The Morgan fingerprint density at radius 1 is 0.955 bits per heavy atom. The van der Waals surface area contributed by atoms with E-state index in [9.17, 15) is 8.78 Å². The fourth-order valence-electron chi connectivity index (χ4n) is 3.07. The predicted octanol–water partition coefficient (Wildman–Crippen LogP) is 3.95. The second-order valence-corrected chi connectivity index (χ2v) is 5.39. The van der Waals surface area contributed by atoms with Gasteiger partial charge in [-0.1, -0.05) is 30.3 Å². The SMILES string of the molecule is Fc1cccc([C@@H]2NCc3ccccc3-n3cccc32)c1F. The van der Waals surface area contributed by atoms with E-state index in [2.05, 4.69) is 5.32 Å². The zero-order chi connectivity index (χ0) is 15.1. The minimum Gasteiger partial charge on any atom is -0.319 e. The Kier molecular flexibility index (Phi) is 3.05. The highest BCUT2D eigenvalue weighted by atomic mass is 19.2. The molecule has 0 amide bonds. The third kappa shape index (κ3) is 1.96. The largest absolute Gasteiger partial charge is 0.319 e. The summed E-state index contributed by atoms with van der Waals surface area (Å²) < 4.78 is 29.8. The highest BCUT2D eigenvalue weighted by molar-refractivity contribution is 5.46. The highest BCUT2D eigenvalue weighted by Gasteiger charge is 2.25. The summed E-state index contributed by atoms with van der Waals surface area (Å²) >= 11 is 0. The highest BCUT2D eigenvalue weighted by Crippen LogP contribution is 2.31. The standard InChI is InChI=1S/C18H14F2N2/c19-14-7-3-6-13(17(14)20)18-16-9-4-10-22(16)15-8-2-1-5-12(15)11-21-18/h1-10,18,21H,11H2/t18-/m0/s1. The van der Waals surface area contributed by atoms with Crippen LogP contribution in [0.1, 0.15) is 22.9 Å². The Hall–Kier alpha value is -2.46. The van der Waals surface area contributed by atoms with E-state index in [1.165, 1.54) is 0 Å². The van der Waals surface area contributed by atoms with E-state index in [-0.39, 0.29) is 0 Å². The zero-order valence-electron chi connectivity index (χ0n) is 11.8. The first kappa shape index (κ1) is 13.2. The van der Waals surface area contributed by atoms with Gasteiger partial charge in [-0.05, 0) is 29.8 Å². The van der Waals surface area contributed by atoms with Crippen LogP contribution in [0.15, 0.2) is 60.8 Å². The fourth-order valence-corrected chi connectivity index (χ4v) is 3.07. The van der Waals surface area contributed by atoms with E-state index in [4.69, 9.17) is 0 Å². The first-order valence-electron chi connectivity index (χ1n) is 7.18. The topological polar surface area (TPSA) is 17.0 Å². The molecule has 22 heavy (non-hydrogen) atoms. The number of fused-ring (bicyclic) bond motifs is 3. The summed E-state index contributed by atoms with van der Waals surface area (Å²) in [5.41, 5.74) is 3.41. The molecule has 1 aliphatic rings. The monoisotopic (exact) mass is 296 g/mol. The van der Waals surface area contributed by atoms with Gasteiger partial charge in [-0.15, -0.1) is 0 Å². The maximum Gasteiger partial charge on any atom is 0.163 e. The smallest absolute Gasteiger partial charge is 0.163 e. The van der Waals surface area contributed by atoms with Crippen LogP contribution in [0.3, 0.4) is 0 Å². The van der Waals surface area contributed by atoms with Crippen molar-refractivity contribution in [1.29, 1.82) is 0 Å². The number of aromatic nitrogens is 1. The first-order valence-corrected chi connectivity index (χ1v) is 7.18. The summed E-state index contributed by atoms with van der Waals surface area (Å²) in [4.78, 5) is 0. The van der Waals surface area contributed by atoms with Crippen LogP contribution < -0.4 is 5.32 Å². The molecule has 1 aliphatic heterocycles. The van der Waals surface area contributed by atoms with E-state index >= 15 is 0 Å². The Bertz CT molecular complexity index is 839. The summed E-state index contributed by atoms with van der Waals surface area (Å²) in [5, 5.41) is 3.34. The third-order valence-corrected chi connectivity index (χ3v) is 4.12. The molecule has 1 N–H and O–H groups in total. The molecule has 2 heterocycles. The van der Waals surface area contributed by atoms with Crippen molar-refractivity contribution in [3.8, 4) is 5.69 Å². The molecule has 0 saturated heterocycles. The molecule has 1 aromatic heterocycles. The molecule has 110 valence electrons. The van der Waals surface area contributed by atoms with E-state index in [0.717, 1.165) is 23.0 Å². The fraction of sp³-hybridized carbons (Fsp3) is 0.111. The Balaban J connectivity index is 1.90. The van der Waals surface area contributed by atoms with Gasteiger partial charge in [-0.2, -0.15) is 0 Å². The molecule has 4 rings (SSSR count). The summed E-state index contributed by atoms with van der Waals surface area (Å²) in [6.45, 7) is 0.596. The van der Waals surface area contributed by atoms with Gasteiger partial charge in [-0.3, -0.25) is 0 Å². The number of rotatable bonds is 1. The molecular formula is C18H14F2N2. The lowest BCUT2D eigenvalue weighted by Gasteiger charge is -2.18. The molecule has 2 aromatic carbocycles. The molecule has 0 spiro atoms. The van der Waals surface area contributed by atoms with Crippen molar-refractivity contribution >= 4 is 0 Å². The lowest BCUT2D eigenvalue weighted by Crippen LogP contribution is -2.22. The molecule has 0 fully saturated rings. The van der Waals surface area contributed by atoms with E-state index < -0.39 is 17.7 Å². The van der Waals surface area contributed by atoms with Gasteiger partial charge in [0.25, 0.3) is 0 Å². The van der Waals surface area contributed by atoms with Crippen molar-refractivity contribution < 1.29 is 8.78 Å². The van der Waals surface area contributed by atoms with Crippen molar-refractivity contribution in [2.45, 2.75) is 12.6 Å². The van der Waals surface area contributed by atoms with Crippen LogP contribution in [-0.4, -0.2) is 4.57 Å². The summed E-state index contributed by atoms with van der Waals surface area (Å²) in [7, 11) is 0. The van der Waals surface area contributed by atoms with Crippen molar-refractivity contribution in [2.75, 3.05) is 0 Å². The summed E-state index contributed by atoms with van der Waals surface area (Å²) in [6, 6.07) is 15.8. The van der Waals surface area contributed by atoms with Gasteiger partial charge in [0.1, 0.15) is 0 Å². The van der Waals surface area contributed by atoms with E-state index in [1.54, 1.807) is 12.1 Å². The van der Waals surface area contributed by atoms with Gasteiger partial charge >= 0.3 is 0 Å². The van der Waals surface area contributed by atoms with Crippen molar-refractivity contribution in [3.05, 3.63) is 89.2 Å². The molecule has 4 heteroatoms. The van der Waals surface area contributed by atoms with E-state index in [0.29, 0.717) is 12.1 Å². The van der Waals surface area contributed by atoms with Crippen molar-refractivity contribution in [2.24, 2.45) is 0 Å². The van der Waals surface area contributed by atoms with Gasteiger partial charge in [0.2, 0.25) is 0 Å². The second kappa shape index (κ2) is 5.07. The Morgan fingerprint density at radius 3 is 2.73 bits per heavy atom. The Labute approximate surface area is 127 Å². The number of nitrogens with one attached hydrogen (secondary N) is 1. The number of hydrogen-bond acceptors (Lipinski definition) is 1. The first-order chi connectivity index (χ1) is 10.8.